The summed E-state index contributed by atoms with van der Waals surface area (Å²) < 4.78 is 5.19. The molecule has 1 aromatic carbocycles. The van der Waals surface area contributed by atoms with Gasteiger partial charge in [-0.15, -0.1) is 12.4 Å². The molecule has 0 atom stereocenters. The Morgan fingerprint density at radius 1 is 1.32 bits per heavy atom. The number of hydrogen-bond donors (Lipinski definition) is 0. The number of likely N-dealkylation sites (tertiary alicyclic amines) is 1. The lowest BCUT2D eigenvalue weighted by Crippen LogP contribution is -2.37. The number of nitro benzene ring substituents is 1. The van der Waals surface area contributed by atoms with Crippen molar-refractivity contribution < 1.29 is 14.5 Å². The van der Waals surface area contributed by atoms with E-state index in [2.05, 4.69) is 4.90 Å². The van der Waals surface area contributed by atoms with Gasteiger partial charge < -0.3 is 4.74 Å². The van der Waals surface area contributed by atoms with Crippen molar-refractivity contribution in [2.75, 3.05) is 26.8 Å². The first kappa shape index (κ1) is 18.2. The zero-order valence-corrected chi connectivity index (χ0v) is 13.3. The first-order valence-electron chi connectivity index (χ1n) is 6.90. The third kappa shape index (κ3) is 5.16. The topological polar surface area (TPSA) is 75.9 Å². The molecule has 1 aliphatic rings. The van der Waals surface area contributed by atoms with Gasteiger partial charge in [0, 0.05) is 19.2 Å². The van der Waals surface area contributed by atoms with Crippen LogP contribution in [0.15, 0.2) is 24.3 Å². The molecule has 1 saturated heterocycles. The van der Waals surface area contributed by atoms with Crippen LogP contribution in [0.2, 0.25) is 0 Å². The molecular weight excluding hydrogens is 310 g/mol. The Hall–Kier alpha value is -1.86. The minimum atomic E-state index is -0.459. The van der Waals surface area contributed by atoms with Gasteiger partial charge in [0.25, 0.3) is 5.69 Å². The van der Waals surface area contributed by atoms with Gasteiger partial charge in [0.15, 0.2) is 0 Å². The first-order chi connectivity index (χ1) is 10.1. The lowest BCUT2D eigenvalue weighted by atomic mass is 10.2. The molecule has 0 bridgehead atoms. The lowest BCUT2D eigenvalue weighted by Gasteiger charge is -2.23. The fraction of sp³-hybridized carbons (Fsp3) is 0.500. The Kier molecular flexibility index (Phi) is 7.07. The zero-order valence-electron chi connectivity index (χ0n) is 12.4. The molecule has 1 fully saturated rings. The van der Waals surface area contributed by atoms with E-state index in [0.717, 1.165) is 18.7 Å². The molecule has 1 aliphatic heterocycles. The number of non-ortho nitro benzene ring substituents is 1. The SMILES string of the molecule is CN(CN1CCCC1)C(=O)OCc1ccc([N+](=O)[O-])cc1.Cl. The Balaban J connectivity index is 0.00000242. The summed E-state index contributed by atoms with van der Waals surface area (Å²) in [4.78, 5) is 25.7. The fourth-order valence-corrected chi connectivity index (χ4v) is 2.25. The highest BCUT2D eigenvalue weighted by molar-refractivity contribution is 5.85. The molecule has 0 unspecified atom stereocenters. The maximum absolute atomic E-state index is 11.8. The van der Waals surface area contributed by atoms with Gasteiger partial charge >= 0.3 is 6.09 Å². The van der Waals surface area contributed by atoms with E-state index in [1.807, 2.05) is 0 Å². The molecule has 1 heterocycles. The van der Waals surface area contributed by atoms with Crippen LogP contribution in [0.4, 0.5) is 10.5 Å². The lowest BCUT2D eigenvalue weighted by molar-refractivity contribution is -0.384. The van der Waals surface area contributed by atoms with E-state index < -0.39 is 4.92 Å². The van der Waals surface area contributed by atoms with E-state index in [-0.39, 0.29) is 30.8 Å². The monoisotopic (exact) mass is 329 g/mol. The van der Waals surface area contributed by atoms with Crippen molar-refractivity contribution in [3.8, 4) is 0 Å². The molecule has 0 aromatic heterocycles. The third-order valence-corrected chi connectivity index (χ3v) is 3.43. The van der Waals surface area contributed by atoms with Gasteiger partial charge in [0.1, 0.15) is 6.61 Å². The Morgan fingerprint density at radius 2 is 1.91 bits per heavy atom. The highest BCUT2D eigenvalue weighted by Gasteiger charge is 2.17. The minimum Gasteiger partial charge on any atom is -0.445 e. The van der Waals surface area contributed by atoms with Crippen molar-refractivity contribution in [3.05, 3.63) is 39.9 Å². The molecule has 122 valence electrons. The van der Waals surface area contributed by atoms with Gasteiger partial charge in [-0.25, -0.2) is 4.79 Å². The van der Waals surface area contributed by atoms with Crippen molar-refractivity contribution in [2.24, 2.45) is 0 Å². The van der Waals surface area contributed by atoms with Gasteiger partial charge in [-0.2, -0.15) is 0 Å². The smallest absolute Gasteiger partial charge is 0.410 e. The molecule has 7 nitrogen and oxygen atoms in total. The van der Waals surface area contributed by atoms with Gasteiger partial charge in [0.2, 0.25) is 0 Å². The van der Waals surface area contributed by atoms with Gasteiger partial charge in [-0.3, -0.25) is 19.9 Å². The molecule has 2 rings (SSSR count). The van der Waals surface area contributed by atoms with Crippen molar-refractivity contribution >= 4 is 24.2 Å². The number of amides is 1. The Labute approximate surface area is 135 Å². The van der Waals surface area contributed by atoms with E-state index in [9.17, 15) is 14.9 Å². The molecule has 0 aliphatic carbocycles. The number of halogens is 1. The van der Waals surface area contributed by atoms with E-state index in [1.54, 1.807) is 19.2 Å². The van der Waals surface area contributed by atoms with Gasteiger partial charge in [-0.1, -0.05) is 0 Å². The number of nitrogens with zero attached hydrogens (tertiary/aromatic N) is 3. The maximum Gasteiger partial charge on any atom is 0.410 e. The number of benzene rings is 1. The summed E-state index contributed by atoms with van der Waals surface area (Å²) in [5.41, 5.74) is 0.750. The summed E-state index contributed by atoms with van der Waals surface area (Å²) in [5.74, 6) is 0. The van der Waals surface area contributed by atoms with Crippen LogP contribution < -0.4 is 0 Å². The van der Waals surface area contributed by atoms with Gasteiger partial charge in [-0.05, 0) is 43.6 Å². The summed E-state index contributed by atoms with van der Waals surface area (Å²) in [6.45, 7) is 2.71. The molecule has 22 heavy (non-hydrogen) atoms. The van der Waals surface area contributed by atoms with Crippen molar-refractivity contribution in [1.82, 2.24) is 9.80 Å². The predicted octanol–water partition coefficient (Wildman–Crippen LogP) is 2.64. The quantitative estimate of drug-likeness (QED) is 0.613. The summed E-state index contributed by atoms with van der Waals surface area (Å²) in [6, 6.07) is 5.98. The van der Waals surface area contributed by atoms with E-state index >= 15 is 0 Å². The summed E-state index contributed by atoms with van der Waals surface area (Å²) in [7, 11) is 1.70. The number of carbonyl (C=O) groups excluding carboxylic acids is 1. The maximum atomic E-state index is 11.8. The van der Waals surface area contributed by atoms with Crippen LogP contribution in [0.3, 0.4) is 0 Å². The largest absolute Gasteiger partial charge is 0.445 e. The summed E-state index contributed by atoms with van der Waals surface area (Å²) in [5, 5.41) is 10.5. The zero-order chi connectivity index (χ0) is 15.2. The molecule has 0 radical (unpaired) electrons. The minimum absolute atomic E-state index is 0. The average molecular weight is 330 g/mol. The van der Waals surface area contributed by atoms with E-state index in [1.165, 1.54) is 29.9 Å². The Bertz CT molecular complexity index is 503. The van der Waals surface area contributed by atoms with Crippen LogP contribution in [-0.4, -0.2) is 47.6 Å². The number of carbonyl (C=O) groups is 1. The highest BCUT2D eigenvalue weighted by Crippen LogP contribution is 2.13. The number of rotatable bonds is 5. The number of hydrogen-bond acceptors (Lipinski definition) is 5. The van der Waals surface area contributed by atoms with E-state index in [0.29, 0.717) is 6.67 Å². The molecular formula is C14H20ClN3O4. The van der Waals surface area contributed by atoms with Crippen molar-refractivity contribution in [2.45, 2.75) is 19.4 Å². The van der Waals surface area contributed by atoms with Gasteiger partial charge in [0.05, 0.1) is 11.6 Å². The number of nitro groups is 1. The highest BCUT2D eigenvalue weighted by atomic mass is 35.5. The Morgan fingerprint density at radius 3 is 2.45 bits per heavy atom. The second kappa shape index (κ2) is 8.55. The fourth-order valence-electron chi connectivity index (χ4n) is 2.25. The second-order valence-electron chi connectivity index (χ2n) is 5.14. The first-order valence-corrected chi connectivity index (χ1v) is 6.90. The summed E-state index contributed by atoms with van der Waals surface area (Å²) >= 11 is 0. The molecule has 0 saturated carbocycles. The molecule has 1 aromatic rings. The van der Waals surface area contributed by atoms with Crippen LogP contribution in [-0.2, 0) is 11.3 Å². The van der Waals surface area contributed by atoms with Crippen molar-refractivity contribution in [3.63, 3.8) is 0 Å². The van der Waals surface area contributed by atoms with Crippen LogP contribution in [0.25, 0.3) is 0 Å². The average Bonchev–Trinajstić information content (AvgIpc) is 2.98. The van der Waals surface area contributed by atoms with Crippen LogP contribution >= 0.6 is 12.4 Å². The number of ether oxygens (including phenoxy) is 1. The normalized spacial score (nSPS) is 14.2. The summed E-state index contributed by atoms with van der Waals surface area (Å²) in [6.07, 6.45) is 1.96. The van der Waals surface area contributed by atoms with Crippen LogP contribution in [0.5, 0.6) is 0 Å². The standard InChI is InChI=1S/C14H19N3O4.ClH/c1-15(11-16-8-2-3-9-16)14(18)21-10-12-4-6-13(7-5-12)17(19)20;/h4-7H,2-3,8-11H2,1H3;1H. The third-order valence-electron chi connectivity index (χ3n) is 3.43. The predicted molar refractivity (Wildman–Crippen MR) is 84.0 cm³/mol. The molecule has 1 amide bonds. The molecule has 8 heteroatoms. The van der Waals surface area contributed by atoms with Crippen LogP contribution in [0.1, 0.15) is 18.4 Å². The molecule has 0 N–H and O–H groups in total. The van der Waals surface area contributed by atoms with E-state index in [4.69, 9.17) is 4.74 Å². The van der Waals surface area contributed by atoms with Crippen LogP contribution in [0, 0.1) is 10.1 Å². The molecule has 0 spiro atoms. The second-order valence-corrected chi connectivity index (χ2v) is 5.14. The van der Waals surface area contributed by atoms with Crippen molar-refractivity contribution in [1.29, 1.82) is 0 Å².